The molecule has 0 spiro atoms. The number of allylic oxidation sites excluding steroid dienone is 3. The second-order valence-corrected chi connectivity index (χ2v) is 5.97. The Morgan fingerprint density at radius 2 is 1.61 bits per heavy atom. The number of phenols is 2. The van der Waals surface area contributed by atoms with Gasteiger partial charge in [-0.1, -0.05) is 45.1 Å². The lowest BCUT2D eigenvalue weighted by atomic mass is 10.0. The molecule has 0 radical (unpaired) electrons. The molecule has 0 unspecified atom stereocenters. The second kappa shape index (κ2) is 7.86. The van der Waals surface area contributed by atoms with Crippen LogP contribution in [0.4, 0.5) is 0 Å². The lowest BCUT2D eigenvalue weighted by Crippen LogP contribution is -1.97. The van der Waals surface area contributed by atoms with Crippen molar-refractivity contribution in [3.8, 4) is 11.5 Å². The summed E-state index contributed by atoms with van der Waals surface area (Å²) in [6.45, 7) is 2.20. The monoisotopic (exact) mass is 316 g/mol. The number of aliphatic carboxylic acids is 1. The first-order valence-electron chi connectivity index (χ1n) is 8.26. The molecular weight excluding hydrogens is 292 g/mol. The number of phenolic OH excluding ortho intramolecular Hbond substituents is 2. The van der Waals surface area contributed by atoms with Crippen LogP contribution < -0.4 is 0 Å². The predicted molar refractivity (Wildman–Crippen MR) is 91.4 cm³/mol. The van der Waals surface area contributed by atoms with Gasteiger partial charge >= 0.3 is 5.97 Å². The number of carbonyl (C=O) groups is 1. The van der Waals surface area contributed by atoms with Gasteiger partial charge in [0.2, 0.25) is 0 Å². The van der Waals surface area contributed by atoms with E-state index >= 15 is 0 Å². The molecule has 124 valence electrons. The van der Waals surface area contributed by atoms with Crippen LogP contribution in [0.3, 0.4) is 0 Å². The van der Waals surface area contributed by atoms with Gasteiger partial charge in [0.05, 0.1) is 5.57 Å². The molecule has 0 atom stereocenters. The number of rotatable bonds is 8. The third kappa shape index (κ3) is 4.15. The average molecular weight is 316 g/mol. The zero-order chi connectivity index (χ0) is 16.8. The molecule has 4 heteroatoms. The highest BCUT2D eigenvalue weighted by Gasteiger charge is 2.24. The minimum absolute atomic E-state index is 0.157. The predicted octanol–water partition coefficient (Wildman–Crippen LogP) is 4.71. The smallest absolute Gasteiger partial charge is 0.336 e. The number of hydrogen-bond acceptors (Lipinski definition) is 3. The second-order valence-electron chi connectivity index (χ2n) is 5.97. The molecule has 0 fully saturated rings. The molecule has 0 aromatic heterocycles. The fourth-order valence-corrected chi connectivity index (χ4v) is 2.88. The van der Waals surface area contributed by atoms with E-state index in [1.54, 1.807) is 6.08 Å². The summed E-state index contributed by atoms with van der Waals surface area (Å²) < 4.78 is 0. The maximum absolute atomic E-state index is 11.3. The third-order valence-corrected chi connectivity index (χ3v) is 4.17. The Balaban J connectivity index is 2.07. The van der Waals surface area contributed by atoms with Gasteiger partial charge < -0.3 is 15.3 Å². The van der Waals surface area contributed by atoms with Crippen LogP contribution in [0.25, 0.3) is 11.1 Å². The van der Waals surface area contributed by atoms with Gasteiger partial charge in [0, 0.05) is 5.56 Å². The lowest BCUT2D eigenvalue weighted by molar-refractivity contribution is -0.130. The van der Waals surface area contributed by atoms with Gasteiger partial charge in [-0.15, -0.1) is 0 Å². The van der Waals surface area contributed by atoms with Crippen molar-refractivity contribution >= 4 is 17.1 Å². The number of unbranched alkanes of at least 4 members (excludes halogenated alkanes) is 6. The summed E-state index contributed by atoms with van der Waals surface area (Å²) in [6.07, 6.45) is 11.8. The number of carboxylic acid groups (broad SMARTS) is 1. The molecule has 2 rings (SSSR count). The van der Waals surface area contributed by atoms with Crippen LogP contribution in [0.5, 0.6) is 11.5 Å². The largest absolute Gasteiger partial charge is 0.504 e. The maximum atomic E-state index is 11.3. The molecule has 4 nitrogen and oxygen atoms in total. The van der Waals surface area contributed by atoms with Gasteiger partial charge in [-0.05, 0) is 42.2 Å². The molecular formula is C19H24O4. The normalized spacial score (nSPS) is 14.8. The highest BCUT2D eigenvalue weighted by atomic mass is 16.4. The van der Waals surface area contributed by atoms with Crippen LogP contribution in [0.1, 0.15) is 63.0 Å². The first-order valence-corrected chi connectivity index (χ1v) is 8.26. The average Bonchev–Trinajstić information content (AvgIpc) is 2.85. The quantitative estimate of drug-likeness (QED) is 0.479. The van der Waals surface area contributed by atoms with Crippen LogP contribution in [-0.2, 0) is 4.79 Å². The highest BCUT2D eigenvalue weighted by molar-refractivity contribution is 6.22. The fraction of sp³-hybridized carbons (Fsp3) is 0.421. The molecule has 23 heavy (non-hydrogen) atoms. The van der Waals surface area contributed by atoms with Crippen molar-refractivity contribution in [2.75, 3.05) is 0 Å². The van der Waals surface area contributed by atoms with E-state index in [4.69, 9.17) is 0 Å². The molecule has 1 aromatic rings. The molecule has 1 aliphatic rings. The maximum Gasteiger partial charge on any atom is 0.336 e. The van der Waals surface area contributed by atoms with E-state index < -0.39 is 5.97 Å². The van der Waals surface area contributed by atoms with Crippen molar-refractivity contribution in [2.24, 2.45) is 0 Å². The molecule has 0 saturated heterocycles. The van der Waals surface area contributed by atoms with Crippen molar-refractivity contribution in [3.05, 3.63) is 35.4 Å². The van der Waals surface area contributed by atoms with Crippen molar-refractivity contribution in [1.29, 1.82) is 0 Å². The Morgan fingerprint density at radius 1 is 1.00 bits per heavy atom. The summed E-state index contributed by atoms with van der Waals surface area (Å²) in [6, 6.07) is 2.75. The fourth-order valence-electron chi connectivity index (χ4n) is 2.88. The minimum atomic E-state index is -1.03. The van der Waals surface area contributed by atoms with Gasteiger partial charge in [-0.3, -0.25) is 0 Å². The Bertz CT molecular complexity index is 641. The molecule has 0 amide bonds. The van der Waals surface area contributed by atoms with E-state index in [1.807, 2.05) is 6.08 Å². The highest BCUT2D eigenvalue weighted by Crippen LogP contribution is 2.41. The number of aromatic hydroxyl groups is 2. The van der Waals surface area contributed by atoms with Gasteiger partial charge in [0.15, 0.2) is 11.5 Å². The summed E-state index contributed by atoms with van der Waals surface area (Å²) in [4.78, 5) is 11.3. The van der Waals surface area contributed by atoms with Gasteiger partial charge in [0.25, 0.3) is 0 Å². The van der Waals surface area contributed by atoms with Crippen LogP contribution in [-0.4, -0.2) is 21.3 Å². The van der Waals surface area contributed by atoms with E-state index in [2.05, 4.69) is 6.92 Å². The van der Waals surface area contributed by atoms with Crippen molar-refractivity contribution in [1.82, 2.24) is 0 Å². The molecule has 1 aromatic carbocycles. The summed E-state index contributed by atoms with van der Waals surface area (Å²) in [5.74, 6) is -1.55. The Kier molecular flexibility index (Phi) is 5.85. The van der Waals surface area contributed by atoms with E-state index in [-0.39, 0.29) is 17.1 Å². The van der Waals surface area contributed by atoms with Crippen LogP contribution in [0.15, 0.2) is 24.3 Å². The number of fused-ring (bicyclic) bond motifs is 1. The molecule has 1 aliphatic carbocycles. The van der Waals surface area contributed by atoms with E-state index in [0.717, 1.165) is 18.4 Å². The minimum Gasteiger partial charge on any atom is -0.504 e. The molecule has 0 bridgehead atoms. The van der Waals surface area contributed by atoms with E-state index in [1.165, 1.54) is 44.2 Å². The van der Waals surface area contributed by atoms with E-state index in [9.17, 15) is 20.1 Å². The zero-order valence-electron chi connectivity index (χ0n) is 13.5. The number of carboxylic acids is 1. The molecule has 0 aliphatic heterocycles. The summed E-state index contributed by atoms with van der Waals surface area (Å²) in [5.41, 5.74) is 2.09. The molecule has 0 heterocycles. The van der Waals surface area contributed by atoms with Crippen molar-refractivity contribution in [2.45, 2.75) is 51.9 Å². The first kappa shape index (κ1) is 17.1. The van der Waals surface area contributed by atoms with Crippen LogP contribution in [0, 0.1) is 0 Å². The van der Waals surface area contributed by atoms with E-state index in [0.29, 0.717) is 11.1 Å². The first-order chi connectivity index (χ1) is 11.0. The third-order valence-electron chi connectivity index (χ3n) is 4.17. The Labute approximate surface area is 136 Å². The Morgan fingerprint density at radius 3 is 2.26 bits per heavy atom. The SMILES string of the molecule is CCCCCCCC/C=C1\C=C(C(=O)O)c2cc(O)c(O)cc21. The molecule has 3 N–H and O–H groups in total. The summed E-state index contributed by atoms with van der Waals surface area (Å²) in [7, 11) is 0. The van der Waals surface area contributed by atoms with Crippen molar-refractivity contribution < 1.29 is 20.1 Å². The number of benzene rings is 1. The summed E-state index contributed by atoms with van der Waals surface area (Å²) >= 11 is 0. The lowest BCUT2D eigenvalue weighted by Gasteiger charge is -2.06. The van der Waals surface area contributed by atoms with Crippen molar-refractivity contribution in [3.63, 3.8) is 0 Å². The van der Waals surface area contributed by atoms with Gasteiger partial charge in [0.1, 0.15) is 0 Å². The van der Waals surface area contributed by atoms with Crippen LogP contribution >= 0.6 is 0 Å². The Hall–Kier alpha value is -2.23. The molecule has 0 saturated carbocycles. The van der Waals surface area contributed by atoms with Gasteiger partial charge in [-0.25, -0.2) is 4.79 Å². The standard InChI is InChI=1S/C19H24O4/c1-2-3-4-5-6-7-8-9-13-10-16(19(22)23)15-12-18(21)17(20)11-14(13)15/h9-12,20-21H,2-8H2,1H3,(H,22,23)/b13-9+. The topological polar surface area (TPSA) is 77.8 Å². The zero-order valence-corrected chi connectivity index (χ0v) is 13.5. The number of hydrogen-bond donors (Lipinski definition) is 3. The van der Waals surface area contributed by atoms with Crippen LogP contribution in [0.2, 0.25) is 0 Å². The summed E-state index contributed by atoms with van der Waals surface area (Å²) in [5, 5.41) is 28.6. The van der Waals surface area contributed by atoms with Gasteiger partial charge in [-0.2, -0.15) is 0 Å².